The summed E-state index contributed by atoms with van der Waals surface area (Å²) in [6, 6.07) is 0. The van der Waals surface area contributed by atoms with Gasteiger partial charge in [0.15, 0.2) is 5.82 Å². The number of nitrogens with zero attached hydrogens (tertiary/aromatic N) is 6. The molecule has 6 nitrogen and oxygen atoms in total. The Bertz CT molecular complexity index is 608. The van der Waals surface area contributed by atoms with Gasteiger partial charge in [0.05, 0.1) is 0 Å². The van der Waals surface area contributed by atoms with E-state index in [9.17, 15) is 0 Å². The minimum Gasteiger partial charge on any atom is -0.285 e. The highest BCUT2D eigenvalue weighted by atomic mass is 15.3. The number of rotatable bonds is 1. The van der Waals surface area contributed by atoms with Crippen molar-refractivity contribution in [3.8, 4) is 5.82 Å². The molecule has 15 heavy (non-hydrogen) atoms. The predicted molar refractivity (Wildman–Crippen MR) is 52.6 cm³/mol. The van der Waals surface area contributed by atoms with E-state index in [0.29, 0.717) is 0 Å². The number of aryl methyl sites for hydroxylation is 1. The second-order valence-electron chi connectivity index (χ2n) is 3.16. The fourth-order valence-corrected chi connectivity index (χ4v) is 1.52. The van der Waals surface area contributed by atoms with Gasteiger partial charge in [0.25, 0.3) is 0 Å². The van der Waals surface area contributed by atoms with Crippen molar-refractivity contribution in [1.29, 1.82) is 0 Å². The van der Waals surface area contributed by atoms with E-state index in [2.05, 4.69) is 20.2 Å². The summed E-state index contributed by atoms with van der Waals surface area (Å²) in [7, 11) is 0. The van der Waals surface area contributed by atoms with Crippen LogP contribution in [0, 0.1) is 6.92 Å². The highest BCUT2D eigenvalue weighted by Crippen LogP contribution is 2.11. The van der Waals surface area contributed by atoms with Crippen molar-refractivity contribution >= 4 is 5.65 Å². The highest BCUT2D eigenvalue weighted by Gasteiger charge is 2.08. The van der Waals surface area contributed by atoms with Gasteiger partial charge in [0.2, 0.25) is 5.65 Å². The van der Waals surface area contributed by atoms with E-state index >= 15 is 0 Å². The van der Waals surface area contributed by atoms with Crippen molar-refractivity contribution in [3.63, 3.8) is 0 Å². The lowest BCUT2D eigenvalue weighted by molar-refractivity contribution is 0.919. The van der Waals surface area contributed by atoms with Crippen molar-refractivity contribution < 1.29 is 0 Å². The van der Waals surface area contributed by atoms with E-state index in [4.69, 9.17) is 0 Å². The van der Waals surface area contributed by atoms with E-state index in [1.165, 1.54) is 0 Å². The summed E-state index contributed by atoms with van der Waals surface area (Å²) in [5.41, 5.74) is 0.721. The Hall–Kier alpha value is -2.24. The maximum atomic E-state index is 4.28. The van der Waals surface area contributed by atoms with Crippen LogP contribution in [0.25, 0.3) is 11.5 Å². The van der Waals surface area contributed by atoms with Gasteiger partial charge >= 0.3 is 0 Å². The summed E-state index contributed by atoms with van der Waals surface area (Å²) < 4.78 is 3.70. The van der Waals surface area contributed by atoms with E-state index in [-0.39, 0.29) is 0 Å². The van der Waals surface area contributed by atoms with Gasteiger partial charge < -0.3 is 0 Å². The zero-order chi connectivity index (χ0) is 10.3. The first-order valence-electron chi connectivity index (χ1n) is 4.51. The normalized spacial score (nSPS) is 11.0. The number of hydrogen-bond acceptors (Lipinski definition) is 4. The fraction of sp³-hybridized carbons (Fsp3) is 0.111. The summed E-state index contributed by atoms with van der Waals surface area (Å²) in [4.78, 5) is 8.43. The van der Waals surface area contributed by atoms with Crippen LogP contribution in [0.4, 0.5) is 0 Å². The third kappa shape index (κ3) is 1.11. The molecule has 0 aliphatic heterocycles. The fourth-order valence-electron chi connectivity index (χ4n) is 1.52. The SMILES string of the molecule is Cc1nccn1-c1nccn2cnnc12. The largest absolute Gasteiger partial charge is 0.285 e. The monoisotopic (exact) mass is 200 g/mol. The molecule has 3 rings (SSSR count). The summed E-state index contributed by atoms with van der Waals surface area (Å²) >= 11 is 0. The topological polar surface area (TPSA) is 60.9 Å². The van der Waals surface area contributed by atoms with Gasteiger partial charge in [-0.25, -0.2) is 9.97 Å². The average molecular weight is 200 g/mol. The van der Waals surface area contributed by atoms with E-state index in [0.717, 1.165) is 17.3 Å². The zero-order valence-corrected chi connectivity index (χ0v) is 8.07. The minimum atomic E-state index is 0.721. The third-order valence-corrected chi connectivity index (χ3v) is 2.25. The van der Waals surface area contributed by atoms with Crippen molar-refractivity contribution in [2.24, 2.45) is 0 Å². The molecule has 0 radical (unpaired) electrons. The molecule has 3 aromatic rings. The van der Waals surface area contributed by atoms with Crippen LogP contribution in [-0.2, 0) is 0 Å². The molecule has 6 heteroatoms. The molecule has 0 spiro atoms. The Morgan fingerprint density at radius 2 is 2.00 bits per heavy atom. The number of hydrogen-bond donors (Lipinski definition) is 0. The van der Waals surface area contributed by atoms with Crippen LogP contribution in [-0.4, -0.2) is 29.1 Å². The van der Waals surface area contributed by atoms with Gasteiger partial charge in [-0.3, -0.25) is 8.97 Å². The van der Waals surface area contributed by atoms with Crippen molar-refractivity contribution in [1.82, 2.24) is 29.1 Å². The van der Waals surface area contributed by atoms with Crippen LogP contribution in [0.15, 0.2) is 31.1 Å². The molecule has 0 aromatic carbocycles. The van der Waals surface area contributed by atoms with Gasteiger partial charge in [0, 0.05) is 24.8 Å². The molecule has 0 amide bonds. The Labute approximate surface area is 85.2 Å². The second kappa shape index (κ2) is 2.88. The molecule has 0 saturated carbocycles. The maximum absolute atomic E-state index is 4.28. The van der Waals surface area contributed by atoms with Crippen molar-refractivity contribution in [2.75, 3.05) is 0 Å². The average Bonchev–Trinajstić information content (AvgIpc) is 2.85. The van der Waals surface area contributed by atoms with E-state index in [1.54, 1.807) is 18.7 Å². The van der Waals surface area contributed by atoms with Crippen molar-refractivity contribution in [2.45, 2.75) is 6.92 Å². The Kier molecular flexibility index (Phi) is 1.55. The molecule has 0 aliphatic carbocycles. The third-order valence-electron chi connectivity index (χ3n) is 2.25. The lowest BCUT2D eigenvalue weighted by Crippen LogP contribution is -2.02. The first-order valence-corrected chi connectivity index (χ1v) is 4.51. The van der Waals surface area contributed by atoms with Gasteiger partial charge in [-0.2, -0.15) is 0 Å². The lowest BCUT2D eigenvalue weighted by Gasteiger charge is -2.03. The molecule has 0 atom stereocenters. The zero-order valence-electron chi connectivity index (χ0n) is 8.07. The number of imidazole rings is 1. The van der Waals surface area contributed by atoms with Crippen LogP contribution in [0.2, 0.25) is 0 Å². The summed E-state index contributed by atoms with van der Waals surface area (Å²) in [5.74, 6) is 1.61. The standard InChI is InChI=1S/C9H8N6/c1-7-10-3-5-15(7)8-9-13-12-6-14(9)4-2-11-8/h2-6H,1H3. The summed E-state index contributed by atoms with van der Waals surface area (Å²) in [6.45, 7) is 1.92. The Balaban J connectivity index is 2.36. The molecule has 3 heterocycles. The van der Waals surface area contributed by atoms with E-state index in [1.807, 2.05) is 28.3 Å². The van der Waals surface area contributed by atoms with Crippen LogP contribution in [0.5, 0.6) is 0 Å². The molecule has 0 saturated heterocycles. The molecule has 0 unspecified atom stereocenters. The number of aromatic nitrogens is 6. The molecular weight excluding hydrogens is 192 g/mol. The summed E-state index contributed by atoms with van der Waals surface area (Å²) in [6.07, 6.45) is 8.76. The van der Waals surface area contributed by atoms with Crippen molar-refractivity contribution in [3.05, 3.63) is 36.9 Å². The van der Waals surface area contributed by atoms with Crippen LogP contribution in [0.1, 0.15) is 5.82 Å². The van der Waals surface area contributed by atoms with E-state index < -0.39 is 0 Å². The minimum absolute atomic E-state index is 0.721. The molecular formula is C9H8N6. The molecule has 0 fully saturated rings. The molecule has 3 aromatic heterocycles. The first-order chi connectivity index (χ1) is 7.36. The smallest absolute Gasteiger partial charge is 0.204 e. The predicted octanol–water partition coefficient (Wildman–Crippen LogP) is 0.618. The van der Waals surface area contributed by atoms with Gasteiger partial charge in [-0.15, -0.1) is 10.2 Å². The molecule has 0 bridgehead atoms. The highest BCUT2D eigenvalue weighted by molar-refractivity contribution is 5.53. The Morgan fingerprint density at radius 1 is 1.13 bits per heavy atom. The maximum Gasteiger partial charge on any atom is 0.204 e. The van der Waals surface area contributed by atoms with Crippen LogP contribution >= 0.6 is 0 Å². The summed E-state index contributed by atoms with van der Waals surface area (Å²) in [5, 5.41) is 7.86. The van der Waals surface area contributed by atoms with Gasteiger partial charge in [-0.05, 0) is 6.92 Å². The molecule has 74 valence electrons. The molecule has 0 aliphatic rings. The Morgan fingerprint density at radius 3 is 2.80 bits per heavy atom. The first kappa shape index (κ1) is 8.10. The lowest BCUT2D eigenvalue weighted by atomic mass is 10.5. The van der Waals surface area contributed by atoms with Gasteiger partial charge in [-0.1, -0.05) is 0 Å². The van der Waals surface area contributed by atoms with Crippen LogP contribution < -0.4 is 0 Å². The quantitative estimate of drug-likeness (QED) is 0.577. The van der Waals surface area contributed by atoms with Crippen LogP contribution in [0.3, 0.4) is 0 Å². The second-order valence-corrected chi connectivity index (χ2v) is 3.16. The molecule has 0 N–H and O–H groups in total. The van der Waals surface area contributed by atoms with Gasteiger partial charge in [0.1, 0.15) is 12.2 Å². The number of fused-ring (bicyclic) bond motifs is 1.